The van der Waals surface area contributed by atoms with E-state index in [2.05, 4.69) is 200 Å². The third kappa shape index (κ3) is 6.12. The summed E-state index contributed by atoms with van der Waals surface area (Å²) in [7, 11) is 0. The molecule has 0 unspecified atom stereocenters. The lowest BCUT2D eigenvalue weighted by Crippen LogP contribution is -2.05. The van der Waals surface area contributed by atoms with Crippen LogP contribution in [0.5, 0.6) is 0 Å². The molecule has 0 aliphatic carbocycles. The average molecular weight is 779 g/mol. The first kappa shape index (κ1) is 35.0. The van der Waals surface area contributed by atoms with Crippen molar-refractivity contribution in [1.82, 2.24) is 0 Å². The molecule has 0 fully saturated rings. The van der Waals surface area contributed by atoms with Gasteiger partial charge >= 0.3 is 0 Å². The van der Waals surface area contributed by atoms with E-state index in [0.717, 1.165) is 66.1 Å². The van der Waals surface area contributed by atoms with Crippen LogP contribution in [0.1, 0.15) is 22.6 Å². The Balaban J connectivity index is 0.954. The molecule has 2 heteroatoms. The quantitative estimate of drug-likeness (QED) is 0.151. The molecule has 0 amide bonds. The van der Waals surface area contributed by atoms with Crippen molar-refractivity contribution >= 4 is 54.6 Å². The summed E-state index contributed by atoms with van der Waals surface area (Å²) < 4.78 is 12.5. The summed E-state index contributed by atoms with van der Waals surface area (Å²) in [6.07, 6.45) is 0. The Hall–Kier alpha value is -7.94. The highest BCUT2D eigenvalue weighted by molar-refractivity contribution is 6.07. The van der Waals surface area contributed by atoms with E-state index in [9.17, 15) is 0 Å². The summed E-state index contributed by atoms with van der Waals surface area (Å²) in [5, 5.41) is 7.05. The van der Waals surface area contributed by atoms with Gasteiger partial charge in [-0.25, -0.2) is 0 Å². The number of fused-ring (bicyclic) bond motifs is 7. The number of hydrogen-bond donors (Lipinski definition) is 0. The van der Waals surface area contributed by atoms with Crippen LogP contribution in [0.25, 0.3) is 99.2 Å². The zero-order chi connectivity index (χ0) is 40.3. The van der Waals surface area contributed by atoms with Gasteiger partial charge in [-0.05, 0) is 108 Å². The standard InChI is InChI=1S/C59H38O2/c1-2-10-38(11-3-1)39-18-24-42(25-19-39)47-34-35-54(49-13-5-4-12-48(47)49)59(43-26-20-40(21-27-43)45-30-32-52-50-14-6-8-16-55(50)60-57(52)36-45)44-28-22-41(23-29-44)46-31-33-53-51-15-7-9-17-56(51)61-58(53)37-46/h1-37,59H. The molecule has 0 saturated heterocycles. The third-order valence-electron chi connectivity index (χ3n) is 12.5. The maximum absolute atomic E-state index is 6.27. The minimum absolute atomic E-state index is 0.0155. The van der Waals surface area contributed by atoms with Crippen LogP contribution in [0, 0.1) is 0 Å². The van der Waals surface area contributed by atoms with Gasteiger partial charge in [0.1, 0.15) is 22.3 Å². The zero-order valence-electron chi connectivity index (χ0n) is 33.3. The van der Waals surface area contributed by atoms with Gasteiger partial charge in [0.05, 0.1) is 0 Å². The van der Waals surface area contributed by atoms with Crippen LogP contribution in [-0.4, -0.2) is 0 Å². The highest BCUT2D eigenvalue weighted by Gasteiger charge is 2.22. The first-order valence-corrected chi connectivity index (χ1v) is 20.9. The van der Waals surface area contributed by atoms with Crippen LogP contribution >= 0.6 is 0 Å². The summed E-state index contributed by atoms with van der Waals surface area (Å²) >= 11 is 0. The Kier molecular flexibility index (Phi) is 8.28. The summed E-state index contributed by atoms with van der Waals surface area (Å²) in [6, 6.07) is 80.9. The highest BCUT2D eigenvalue weighted by atomic mass is 16.3. The summed E-state index contributed by atoms with van der Waals surface area (Å²) in [5.41, 5.74) is 16.8. The van der Waals surface area contributed by atoms with Crippen molar-refractivity contribution in [3.63, 3.8) is 0 Å². The fourth-order valence-corrected chi connectivity index (χ4v) is 9.40. The summed E-state index contributed by atoms with van der Waals surface area (Å²) in [4.78, 5) is 0. The van der Waals surface area contributed by atoms with Gasteiger partial charge in [0.15, 0.2) is 0 Å². The maximum Gasteiger partial charge on any atom is 0.136 e. The Bertz CT molecular complexity index is 3400. The molecule has 0 bridgehead atoms. The van der Waals surface area contributed by atoms with Gasteiger partial charge in [-0.2, -0.15) is 0 Å². The molecule has 12 aromatic rings. The zero-order valence-corrected chi connectivity index (χ0v) is 33.3. The Labute approximate surface area is 353 Å². The van der Waals surface area contributed by atoms with Crippen LogP contribution in [0.3, 0.4) is 0 Å². The van der Waals surface area contributed by atoms with Gasteiger partial charge < -0.3 is 8.83 Å². The highest BCUT2D eigenvalue weighted by Crippen LogP contribution is 2.42. The number of benzene rings is 10. The van der Waals surface area contributed by atoms with E-state index in [1.165, 1.54) is 49.7 Å². The lowest BCUT2D eigenvalue weighted by atomic mass is 9.80. The predicted octanol–water partition coefficient (Wildman–Crippen LogP) is 16.5. The van der Waals surface area contributed by atoms with E-state index in [0.29, 0.717) is 0 Å². The van der Waals surface area contributed by atoms with E-state index in [1.807, 2.05) is 24.3 Å². The van der Waals surface area contributed by atoms with Crippen LogP contribution < -0.4 is 0 Å². The second-order valence-electron chi connectivity index (χ2n) is 16.0. The van der Waals surface area contributed by atoms with E-state index < -0.39 is 0 Å². The number of furan rings is 2. The predicted molar refractivity (Wildman–Crippen MR) is 254 cm³/mol. The third-order valence-corrected chi connectivity index (χ3v) is 12.5. The molecule has 0 aliphatic heterocycles. The molecule has 2 nitrogen and oxygen atoms in total. The van der Waals surface area contributed by atoms with E-state index in [4.69, 9.17) is 8.83 Å². The first-order valence-electron chi connectivity index (χ1n) is 20.9. The average Bonchev–Trinajstić information content (AvgIpc) is 3.90. The molecule has 0 atom stereocenters. The molecule has 61 heavy (non-hydrogen) atoms. The fourth-order valence-electron chi connectivity index (χ4n) is 9.40. The van der Waals surface area contributed by atoms with Crippen LogP contribution in [0.2, 0.25) is 0 Å². The van der Waals surface area contributed by atoms with Crippen LogP contribution in [-0.2, 0) is 0 Å². The Morgan fingerprint density at radius 3 is 1.20 bits per heavy atom. The van der Waals surface area contributed by atoms with E-state index in [-0.39, 0.29) is 5.92 Å². The van der Waals surface area contributed by atoms with Gasteiger partial charge in [-0.1, -0.05) is 188 Å². The minimum atomic E-state index is -0.0155. The molecule has 0 aliphatic rings. The largest absolute Gasteiger partial charge is 0.456 e. The van der Waals surface area contributed by atoms with Crippen molar-refractivity contribution in [1.29, 1.82) is 0 Å². The second-order valence-corrected chi connectivity index (χ2v) is 16.0. The monoisotopic (exact) mass is 778 g/mol. The van der Waals surface area contributed by atoms with Crippen molar-refractivity contribution in [2.75, 3.05) is 0 Å². The van der Waals surface area contributed by atoms with Gasteiger partial charge in [0.2, 0.25) is 0 Å². The Morgan fingerprint density at radius 1 is 0.246 bits per heavy atom. The lowest BCUT2D eigenvalue weighted by molar-refractivity contribution is 0.668. The van der Waals surface area contributed by atoms with Gasteiger partial charge in [-0.3, -0.25) is 0 Å². The molecule has 12 rings (SSSR count). The first-order chi connectivity index (χ1) is 30.2. The molecule has 0 spiro atoms. The fraction of sp³-hybridized carbons (Fsp3) is 0.0169. The summed E-state index contributed by atoms with van der Waals surface area (Å²) in [6.45, 7) is 0. The molecule has 0 radical (unpaired) electrons. The lowest BCUT2D eigenvalue weighted by Gasteiger charge is -2.23. The molecular formula is C59H38O2. The maximum atomic E-state index is 6.27. The molecule has 10 aromatic carbocycles. The summed E-state index contributed by atoms with van der Waals surface area (Å²) in [5.74, 6) is -0.0155. The van der Waals surface area contributed by atoms with Crippen LogP contribution in [0.15, 0.2) is 233 Å². The van der Waals surface area contributed by atoms with Gasteiger partial charge in [0, 0.05) is 27.5 Å². The van der Waals surface area contributed by atoms with Gasteiger partial charge in [0.25, 0.3) is 0 Å². The SMILES string of the molecule is c1ccc(-c2ccc(-c3ccc(C(c4ccc(-c5ccc6c(c5)oc5ccccc56)cc4)c4ccc(-c5ccc6c(c5)oc5ccccc56)cc4)c4ccccc34)cc2)cc1. The van der Waals surface area contributed by atoms with Crippen molar-refractivity contribution in [3.8, 4) is 44.5 Å². The molecule has 286 valence electrons. The molecule has 2 heterocycles. The number of hydrogen-bond acceptors (Lipinski definition) is 2. The smallest absolute Gasteiger partial charge is 0.136 e. The van der Waals surface area contributed by atoms with Crippen molar-refractivity contribution < 1.29 is 8.83 Å². The van der Waals surface area contributed by atoms with Crippen molar-refractivity contribution in [3.05, 3.63) is 241 Å². The van der Waals surface area contributed by atoms with Crippen molar-refractivity contribution in [2.45, 2.75) is 5.92 Å². The molecular weight excluding hydrogens is 741 g/mol. The molecule has 2 aromatic heterocycles. The normalized spacial score (nSPS) is 11.8. The topological polar surface area (TPSA) is 26.3 Å². The number of rotatable bonds is 7. The number of para-hydroxylation sites is 2. The van der Waals surface area contributed by atoms with E-state index in [1.54, 1.807) is 0 Å². The molecule has 0 saturated carbocycles. The Morgan fingerprint density at radius 2 is 0.639 bits per heavy atom. The molecule has 0 N–H and O–H groups in total. The van der Waals surface area contributed by atoms with Crippen molar-refractivity contribution in [2.24, 2.45) is 0 Å². The minimum Gasteiger partial charge on any atom is -0.456 e. The van der Waals surface area contributed by atoms with E-state index >= 15 is 0 Å². The second kappa shape index (κ2) is 14.4. The van der Waals surface area contributed by atoms with Gasteiger partial charge in [-0.15, -0.1) is 0 Å². The van der Waals surface area contributed by atoms with Crippen LogP contribution in [0.4, 0.5) is 0 Å².